The second-order valence-corrected chi connectivity index (χ2v) is 6.54. The summed E-state index contributed by atoms with van der Waals surface area (Å²) >= 11 is 0. The van der Waals surface area contributed by atoms with Crippen LogP contribution in [0.1, 0.15) is 24.8 Å². The number of amides is 1. The molecule has 27 heavy (non-hydrogen) atoms. The van der Waals surface area contributed by atoms with Gasteiger partial charge in [0.1, 0.15) is 29.8 Å². The van der Waals surface area contributed by atoms with Crippen molar-refractivity contribution in [1.29, 1.82) is 0 Å². The number of oxazole rings is 1. The zero-order chi connectivity index (χ0) is 19.0. The fourth-order valence-corrected chi connectivity index (χ4v) is 3.51. The molecule has 1 aromatic heterocycles. The molecule has 0 aliphatic carbocycles. The Kier molecular flexibility index (Phi) is 4.61. The first-order valence-corrected chi connectivity index (χ1v) is 8.71. The summed E-state index contributed by atoms with van der Waals surface area (Å²) < 4.78 is 38.0. The Morgan fingerprint density at radius 2 is 2.15 bits per heavy atom. The van der Waals surface area contributed by atoms with Crippen LogP contribution in [0.3, 0.4) is 0 Å². The molecular formula is C20H18F2N2O3. The largest absolute Gasteiger partial charge is 0.438 e. The number of carbonyl (C=O) groups excluding carboxylic acids is 1. The summed E-state index contributed by atoms with van der Waals surface area (Å²) in [6.07, 6.45) is 1.63. The van der Waals surface area contributed by atoms with Crippen LogP contribution in [0.25, 0.3) is 22.2 Å². The molecule has 1 aliphatic heterocycles. The number of aromatic nitrogens is 1. The molecule has 1 atom stereocenters. The predicted molar refractivity (Wildman–Crippen MR) is 94.9 cm³/mol. The lowest BCUT2D eigenvalue weighted by Crippen LogP contribution is -2.33. The van der Waals surface area contributed by atoms with E-state index in [2.05, 4.69) is 4.98 Å². The Bertz CT molecular complexity index is 1000. The average molecular weight is 372 g/mol. The number of likely N-dealkylation sites (tertiary alicyclic amines) is 1. The van der Waals surface area contributed by atoms with Gasteiger partial charge in [-0.1, -0.05) is 6.07 Å². The quantitative estimate of drug-likeness (QED) is 0.692. The van der Waals surface area contributed by atoms with E-state index in [9.17, 15) is 13.6 Å². The van der Waals surface area contributed by atoms with Gasteiger partial charge in [0.25, 0.3) is 0 Å². The molecule has 0 spiro atoms. The lowest BCUT2D eigenvalue weighted by Gasteiger charge is -2.21. The first-order valence-electron chi connectivity index (χ1n) is 8.71. The smallest absolute Gasteiger partial charge is 0.249 e. The van der Waals surface area contributed by atoms with Gasteiger partial charge >= 0.3 is 0 Å². The first-order chi connectivity index (χ1) is 13.1. The Balaban J connectivity index is 1.68. The van der Waals surface area contributed by atoms with Crippen LogP contribution in [0, 0.1) is 11.6 Å². The normalized spacial score (nSPS) is 17.0. The fourth-order valence-electron chi connectivity index (χ4n) is 3.51. The summed E-state index contributed by atoms with van der Waals surface area (Å²) in [6.45, 7) is 0.655. The van der Waals surface area contributed by atoms with Crippen molar-refractivity contribution in [2.75, 3.05) is 20.3 Å². The predicted octanol–water partition coefficient (Wildman–Crippen LogP) is 4.08. The van der Waals surface area contributed by atoms with Crippen molar-refractivity contribution in [2.24, 2.45) is 0 Å². The second-order valence-electron chi connectivity index (χ2n) is 6.54. The zero-order valence-electron chi connectivity index (χ0n) is 14.7. The molecule has 1 saturated heterocycles. The lowest BCUT2D eigenvalue weighted by atomic mass is 10.0. The summed E-state index contributed by atoms with van der Waals surface area (Å²) in [6, 6.07) is 8.35. The maximum absolute atomic E-state index is 14.1. The molecule has 1 aliphatic rings. The molecule has 5 nitrogen and oxygen atoms in total. The molecule has 3 aromatic rings. The highest BCUT2D eigenvalue weighted by Crippen LogP contribution is 2.34. The van der Waals surface area contributed by atoms with Crippen molar-refractivity contribution in [3.8, 4) is 11.1 Å². The van der Waals surface area contributed by atoms with Gasteiger partial charge in [0, 0.05) is 25.3 Å². The zero-order valence-corrected chi connectivity index (χ0v) is 14.7. The van der Waals surface area contributed by atoms with Crippen LogP contribution in [0.4, 0.5) is 8.78 Å². The van der Waals surface area contributed by atoms with Crippen molar-refractivity contribution in [3.63, 3.8) is 0 Å². The molecule has 2 aromatic carbocycles. The summed E-state index contributed by atoms with van der Waals surface area (Å²) in [5.74, 6) is -0.895. The third-order valence-corrected chi connectivity index (χ3v) is 4.77. The topological polar surface area (TPSA) is 55.6 Å². The van der Waals surface area contributed by atoms with Crippen molar-refractivity contribution in [2.45, 2.75) is 18.9 Å². The van der Waals surface area contributed by atoms with Gasteiger partial charge in [-0.2, -0.15) is 0 Å². The van der Waals surface area contributed by atoms with E-state index < -0.39 is 11.6 Å². The number of carbonyl (C=O) groups is 1. The van der Waals surface area contributed by atoms with Gasteiger partial charge in [0.05, 0.1) is 0 Å². The molecule has 2 heterocycles. The number of methoxy groups -OCH3 is 1. The van der Waals surface area contributed by atoms with E-state index in [1.165, 1.54) is 19.2 Å². The molecule has 140 valence electrons. The molecule has 0 bridgehead atoms. The fraction of sp³-hybridized carbons (Fsp3) is 0.300. The van der Waals surface area contributed by atoms with Crippen LogP contribution < -0.4 is 0 Å². The van der Waals surface area contributed by atoms with Crippen LogP contribution >= 0.6 is 0 Å². The highest BCUT2D eigenvalue weighted by Gasteiger charge is 2.33. The summed E-state index contributed by atoms with van der Waals surface area (Å²) in [5.41, 5.74) is 2.00. The SMILES string of the molecule is COCC(=O)N1CCC[C@H]1c1nc2cc(-c3ccc(F)cc3F)ccc2o1. The molecule has 0 unspecified atom stereocenters. The van der Waals surface area contributed by atoms with E-state index in [-0.39, 0.29) is 18.6 Å². The van der Waals surface area contributed by atoms with Gasteiger partial charge < -0.3 is 14.1 Å². The summed E-state index contributed by atoms with van der Waals surface area (Å²) in [7, 11) is 1.48. The minimum Gasteiger partial charge on any atom is -0.438 e. The number of fused-ring (bicyclic) bond motifs is 1. The second kappa shape index (κ2) is 7.08. The van der Waals surface area contributed by atoms with Gasteiger partial charge in [-0.3, -0.25) is 4.79 Å². The van der Waals surface area contributed by atoms with Crippen molar-refractivity contribution >= 4 is 17.0 Å². The van der Waals surface area contributed by atoms with E-state index >= 15 is 0 Å². The third-order valence-electron chi connectivity index (χ3n) is 4.77. The number of benzene rings is 2. The minimum absolute atomic E-state index is 0.0186. The number of hydrogen-bond acceptors (Lipinski definition) is 4. The maximum Gasteiger partial charge on any atom is 0.249 e. The standard InChI is InChI=1S/C20H18F2N2O3/c1-26-11-19(25)24-8-2-3-17(24)20-23-16-9-12(4-7-18(16)27-20)14-6-5-13(21)10-15(14)22/h4-7,9-10,17H,2-3,8,11H2,1H3/t17-/m0/s1. The van der Waals surface area contributed by atoms with E-state index in [4.69, 9.17) is 9.15 Å². The van der Waals surface area contributed by atoms with Gasteiger partial charge in [0.15, 0.2) is 5.58 Å². The Morgan fingerprint density at radius 3 is 2.93 bits per heavy atom. The lowest BCUT2D eigenvalue weighted by molar-refractivity contribution is -0.136. The van der Waals surface area contributed by atoms with Crippen molar-refractivity contribution in [1.82, 2.24) is 9.88 Å². The van der Waals surface area contributed by atoms with Crippen LogP contribution in [0.5, 0.6) is 0 Å². The number of hydrogen-bond donors (Lipinski definition) is 0. The first kappa shape index (κ1) is 17.6. The highest BCUT2D eigenvalue weighted by molar-refractivity contribution is 5.81. The Hall–Kier alpha value is -2.80. The van der Waals surface area contributed by atoms with Gasteiger partial charge in [-0.25, -0.2) is 13.8 Å². The van der Waals surface area contributed by atoms with Crippen LogP contribution in [-0.2, 0) is 9.53 Å². The number of ether oxygens (including phenoxy) is 1. The van der Waals surface area contributed by atoms with Gasteiger partial charge in [-0.15, -0.1) is 0 Å². The summed E-state index contributed by atoms with van der Waals surface area (Å²) in [5, 5.41) is 0. The molecule has 0 radical (unpaired) electrons. The molecular weight excluding hydrogens is 354 g/mol. The summed E-state index contributed by atoms with van der Waals surface area (Å²) in [4.78, 5) is 18.4. The minimum atomic E-state index is -0.634. The molecule has 0 saturated carbocycles. The number of rotatable bonds is 4. The number of nitrogens with zero attached hydrogens (tertiary/aromatic N) is 2. The molecule has 7 heteroatoms. The Morgan fingerprint density at radius 1 is 1.30 bits per heavy atom. The van der Waals surface area contributed by atoms with E-state index in [1.807, 2.05) is 0 Å². The van der Waals surface area contributed by atoms with Crippen LogP contribution in [0.15, 0.2) is 40.8 Å². The molecule has 1 fully saturated rings. The van der Waals surface area contributed by atoms with Gasteiger partial charge in [0.2, 0.25) is 11.8 Å². The monoisotopic (exact) mass is 372 g/mol. The Labute approximate surface area is 154 Å². The van der Waals surface area contributed by atoms with Gasteiger partial charge in [-0.05, 0) is 42.7 Å². The van der Waals surface area contributed by atoms with Crippen molar-refractivity contribution < 1.29 is 22.7 Å². The number of halogens is 2. The van der Waals surface area contributed by atoms with E-state index in [0.717, 1.165) is 18.9 Å². The van der Waals surface area contributed by atoms with E-state index in [1.54, 1.807) is 23.1 Å². The van der Waals surface area contributed by atoms with Crippen LogP contribution in [-0.4, -0.2) is 36.1 Å². The maximum atomic E-state index is 14.1. The molecule has 1 amide bonds. The molecule has 4 rings (SSSR count). The highest BCUT2D eigenvalue weighted by atomic mass is 19.1. The molecule has 0 N–H and O–H groups in total. The van der Waals surface area contributed by atoms with Crippen LogP contribution in [0.2, 0.25) is 0 Å². The van der Waals surface area contributed by atoms with E-state index in [0.29, 0.717) is 34.7 Å². The average Bonchev–Trinajstić information content (AvgIpc) is 3.28. The van der Waals surface area contributed by atoms with Crippen molar-refractivity contribution in [3.05, 3.63) is 53.9 Å². The third kappa shape index (κ3) is 3.30.